The van der Waals surface area contributed by atoms with Crippen molar-refractivity contribution in [3.8, 4) is 40.2 Å². The minimum Gasteiger partial charge on any atom is -0.493 e. The lowest BCUT2D eigenvalue weighted by Crippen LogP contribution is -2.34. The average molecular weight is 548 g/mol. The van der Waals surface area contributed by atoms with E-state index in [2.05, 4.69) is 4.90 Å². The summed E-state index contributed by atoms with van der Waals surface area (Å²) in [6.07, 6.45) is 2.48. The quantitative estimate of drug-likeness (QED) is 0.342. The number of rotatable bonds is 9. The molecule has 0 bridgehead atoms. The van der Waals surface area contributed by atoms with Crippen LogP contribution in [0.1, 0.15) is 32.6 Å². The monoisotopic (exact) mass is 547 g/mol. The van der Waals surface area contributed by atoms with Crippen molar-refractivity contribution < 1.29 is 38.0 Å². The molecule has 0 amide bonds. The molecular weight excluding hydrogens is 514 g/mol. The van der Waals surface area contributed by atoms with Gasteiger partial charge in [-0.3, -0.25) is 9.69 Å². The molecule has 0 spiro atoms. The summed E-state index contributed by atoms with van der Waals surface area (Å²) in [5, 5.41) is 0. The van der Waals surface area contributed by atoms with Gasteiger partial charge >= 0.3 is 0 Å². The van der Waals surface area contributed by atoms with E-state index < -0.39 is 0 Å². The van der Waals surface area contributed by atoms with E-state index in [0.29, 0.717) is 58.9 Å². The van der Waals surface area contributed by atoms with Crippen LogP contribution in [-0.2, 0) is 13.0 Å². The first kappa shape index (κ1) is 27.2. The predicted octanol–water partition coefficient (Wildman–Crippen LogP) is 5.05. The lowest BCUT2D eigenvalue weighted by Gasteiger charge is -2.30. The Morgan fingerprint density at radius 2 is 1.57 bits per heavy atom. The summed E-state index contributed by atoms with van der Waals surface area (Å²) in [5.74, 6) is 4.13. The Hall–Kier alpha value is -4.37. The standard InChI is InChI=1S/C31H33NO8/c1-18-28-21(16-32(17-39-28)12-11-19-7-9-23(34-2)25(13-19)36-4)14-22-27(33)26(40-29(18)22)15-20-8-10-24(35-3)31(38-6)30(20)37-5/h7-10,13-15H,11-12,16-17H2,1-6H3/b26-15-. The lowest BCUT2D eigenvalue weighted by atomic mass is 9.99. The van der Waals surface area contributed by atoms with Crippen molar-refractivity contribution >= 4 is 11.9 Å². The average Bonchev–Trinajstić information content (AvgIpc) is 3.30. The molecule has 5 rings (SSSR count). The van der Waals surface area contributed by atoms with Crippen LogP contribution in [0.25, 0.3) is 6.08 Å². The van der Waals surface area contributed by atoms with E-state index in [9.17, 15) is 4.79 Å². The lowest BCUT2D eigenvalue weighted by molar-refractivity contribution is 0.0953. The van der Waals surface area contributed by atoms with Crippen LogP contribution in [0.2, 0.25) is 0 Å². The number of benzene rings is 3. The summed E-state index contributed by atoms with van der Waals surface area (Å²) in [6, 6.07) is 11.4. The van der Waals surface area contributed by atoms with Crippen LogP contribution < -0.4 is 33.2 Å². The molecule has 0 unspecified atom stereocenters. The zero-order valence-electron chi connectivity index (χ0n) is 23.6. The topological polar surface area (TPSA) is 84.9 Å². The van der Waals surface area contributed by atoms with Crippen molar-refractivity contribution in [2.24, 2.45) is 0 Å². The Balaban J connectivity index is 1.36. The minimum absolute atomic E-state index is 0.194. The maximum Gasteiger partial charge on any atom is 0.231 e. The van der Waals surface area contributed by atoms with Crippen molar-refractivity contribution in [1.82, 2.24) is 4.90 Å². The third-order valence-corrected chi connectivity index (χ3v) is 7.19. The smallest absolute Gasteiger partial charge is 0.231 e. The number of methoxy groups -OCH3 is 5. The van der Waals surface area contributed by atoms with E-state index in [1.165, 1.54) is 14.2 Å². The molecule has 2 aliphatic rings. The molecule has 0 saturated heterocycles. The van der Waals surface area contributed by atoms with Crippen molar-refractivity contribution in [1.29, 1.82) is 0 Å². The fourth-order valence-electron chi connectivity index (χ4n) is 5.14. The van der Waals surface area contributed by atoms with Crippen LogP contribution in [0.3, 0.4) is 0 Å². The van der Waals surface area contributed by atoms with Crippen LogP contribution in [0.15, 0.2) is 42.2 Å². The number of nitrogens with zero attached hydrogens (tertiary/aromatic N) is 1. The largest absolute Gasteiger partial charge is 0.493 e. The van der Waals surface area contributed by atoms with Gasteiger partial charge in [0.2, 0.25) is 11.5 Å². The van der Waals surface area contributed by atoms with E-state index >= 15 is 0 Å². The second-order valence-electron chi connectivity index (χ2n) is 9.50. The summed E-state index contributed by atoms with van der Waals surface area (Å²) in [6.45, 7) is 3.80. The first-order valence-electron chi connectivity index (χ1n) is 12.9. The number of hydrogen-bond donors (Lipinski definition) is 0. The fourth-order valence-corrected chi connectivity index (χ4v) is 5.14. The highest BCUT2D eigenvalue weighted by Gasteiger charge is 2.34. The van der Waals surface area contributed by atoms with E-state index in [1.807, 2.05) is 31.2 Å². The Morgan fingerprint density at radius 1 is 0.850 bits per heavy atom. The van der Waals surface area contributed by atoms with Crippen LogP contribution >= 0.6 is 0 Å². The van der Waals surface area contributed by atoms with Crippen molar-refractivity contribution in [2.45, 2.75) is 19.9 Å². The fraction of sp³-hybridized carbons (Fsp3) is 0.323. The first-order valence-corrected chi connectivity index (χ1v) is 12.9. The number of allylic oxidation sites excluding steroid dienone is 1. The van der Waals surface area contributed by atoms with Gasteiger partial charge in [-0.1, -0.05) is 6.07 Å². The highest BCUT2D eigenvalue weighted by molar-refractivity contribution is 6.15. The number of hydrogen-bond acceptors (Lipinski definition) is 9. The normalized spacial score (nSPS) is 15.2. The molecule has 210 valence electrons. The predicted molar refractivity (Wildman–Crippen MR) is 149 cm³/mol. The van der Waals surface area contributed by atoms with Gasteiger partial charge in [-0.15, -0.1) is 0 Å². The van der Waals surface area contributed by atoms with Gasteiger partial charge in [0.25, 0.3) is 0 Å². The molecule has 40 heavy (non-hydrogen) atoms. The highest BCUT2D eigenvalue weighted by atomic mass is 16.5. The van der Waals surface area contributed by atoms with E-state index in [1.54, 1.807) is 39.5 Å². The van der Waals surface area contributed by atoms with Crippen molar-refractivity contribution in [2.75, 3.05) is 48.8 Å². The van der Waals surface area contributed by atoms with Gasteiger partial charge in [-0.05, 0) is 55.3 Å². The Labute approximate surface area is 233 Å². The van der Waals surface area contributed by atoms with Crippen LogP contribution in [-0.4, -0.2) is 59.5 Å². The summed E-state index contributed by atoms with van der Waals surface area (Å²) in [4.78, 5) is 15.7. The molecule has 0 aliphatic carbocycles. The molecule has 3 aromatic carbocycles. The van der Waals surface area contributed by atoms with Crippen molar-refractivity contribution in [3.05, 3.63) is 70.0 Å². The van der Waals surface area contributed by atoms with Crippen LogP contribution in [0.5, 0.6) is 40.2 Å². The number of carbonyl (C=O) groups excluding carboxylic acids is 1. The maximum atomic E-state index is 13.5. The zero-order valence-corrected chi connectivity index (χ0v) is 23.6. The molecular formula is C31H33NO8. The minimum atomic E-state index is -0.194. The molecule has 2 aliphatic heterocycles. The van der Waals surface area contributed by atoms with Gasteiger partial charge in [0.15, 0.2) is 28.8 Å². The molecule has 9 nitrogen and oxygen atoms in total. The van der Waals surface area contributed by atoms with Crippen LogP contribution in [0.4, 0.5) is 0 Å². The van der Waals surface area contributed by atoms with E-state index in [0.717, 1.165) is 35.4 Å². The second-order valence-corrected chi connectivity index (χ2v) is 9.50. The molecule has 0 fully saturated rings. The Kier molecular flexibility index (Phi) is 7.75. The maximum absolute atomic E-state index is 13.5. The van der Waals surface area contributed by atoms with E-state index in [-0.39, 0.29) is 11.5 Å². The van der Waals surface area contributed by atoms with Gasteiger partial charge in [0.1, 0.15) is 18.2 Å². The molecule has 0 atom stereocenters. The number of ether oxygens (including phenoxy) is 7. The van der Waals surface area contributed by atoms with Gasteiger partial charge in [-0.25, -0.2) is 0 Å². The molecule has 9 heteroatoms. The Morgan fingerprint density at radius 3 is 2.27 bits per heavy atom. The number of fused-ring (bicyclic) bond motifs is 2. The third-order valence-electron chi connectivity index (χ3n) is 7.19. The number of carbonyl (C=O) groups is 1. The van der Waals surface area contributed by atoms with Crippen LogP contribution in [0, 0.1) is 6.92 Å². The highest BCUT2D eigenvalue weighted by Crippen LogP contribution is 2.45. The molecule has 2 heterocycles. The van der Waals surface area contributed by atoms with Gasteiger partial charge < -0.3 is 33.2 Å². The summed E-state index contributed by atoms with van der Waals surface area (Å²) in [7, 11) is 7.89. The SMILES string of the molecule is COc1ccc(CCN2COc3c(cc4c(c3C)O/C(=C\c3ccc(OC)c(OC)c3OC)C4=O)C2)cc1OC. The molecule has 3 aromatic rings. The summed E-state index contributed by atoms with van der Waals surface area (Å²) in [5.41, 5.74) is 4.06. The van der Waals surface area contributed by atoms with Gasteiger partial charge in [0, 0.05) is 29.8 Å². The molecule has 0 aromatic heterocycles. The van der Waals surface area contributed by atoms with Gasteiger partial charge in [-0.2, -0.15) is 0 Å². The van der Waals surface area contributed by atoms with Crippen molar-refractivity contribution in [3.63, 3.8) is 0 Å². The van der Waals surface area contributed by atoms with Gasteiger partial charge in [0.05, 0.1) is 41.1 Å². The zero-order chi connectivity index (χ0) is 28.4. The third kappa shape index (κ3) is 4.88. The molecule has 0 radical (unpaired) electrons. The summed E-state index contributed by atoms with van der Waals surface area (Å²) < 4.78 is 39.4. The van der Waals surface area contributed by atoms with E-state index in [4.69, 9.17) is 33.2 Å². The summed E-state index contributed by atoms with van der Waals surface area (Å²) >= 11 is 0. The molecule has 0 N–H and O–H groups in total. The molecule has 0 saturated carbocycles. The number of ketones is 1. The number of Topliss-reactive ketones (excluding diaryl/α,β-unsaturated/α-hetero) is 1. The second kappa shape index (κ2) is 11.4. The first-order chi connectivity index (χ1) is 19.4. The Bertz CT molecular complexity index is 1480.